The number of unbranched alkanes of at least 4 members (excludes halogenated alkanes) is 1. The monoisotopic (exact) mass is 284 g/mol. The van der Waals surface area contributed by atoms with E-state index in [-0.39, 0.29) is 29.2 Å². The average molecular weight is 284 g/mol. The fourth-order valence-corrected chi connectivity index (χ4v) is 6.02. The van der Waals surface area contributed by atoms with Gasteiger partial charge in [-0.1, -0.05) is 20.3 Å². The maximum absolute atomic E-state index is 12.2. The highest BCUT2D eigenvalue weighted by Crippen LogP contribution is 2.58. The van der Waals surface area contributed by atoms with Crippen molar-refractivity contribution >= 4 is 17.7 Å². The van der Waals surface area contributed by atoms with Crippen LogP contribution < -0.4 is 0 Å². The summed E-state index contributed by atoms with van der Waals surface area (Å²) in [7, 11) is 0. The predicted octanol–water partition coefficient (Wildman–Crippen LogP) is 2.61. The van der Waals surface area contributed by atoms with Gasteiger partial charge in [-0.05, 0) is 43.3 Å². The molecule has 3 rings (SSSR count). The molecule has 3 nitrogen and oxygen atoms in total. The van der Waals surface area contributed by atoms with Gasteiger partial charge in [-0.2, -0.15) is 11.8 Å². The lowest BCUT2D eigenvalue weighted by atomic mass is 9.66. The summed E-state index contributed by atoms with van der Waals surface area (Å²) < 4.78 is 5.48. The van der Waals surface area contributed by atoms with Gasteiger partial charge in [-0.15, -0.1) is 0 Å². The number of rotatable bonds is 4. The first-order valence-corrected chi connectivity index (χ1v) is 8.68. The van der Waals surface area contributed by atoms with E-state index in [2.05, 4.69) is 13.8 Å². The zero-order valence-corrected chi connectivity index (χ0v) is 12.6. The topological polar surface area (TPSA) is 46.5 Å². The summed E-state index contributed by atoms with van der Waals surface area (Å²) in [5.41, 5.74) is -0.854. The minimum absolute atomic E-state index is 0.141. The molecule has 3 fully saturated rings. The molecule has 0 radical (unpaired) electrons. The van der Waals surface area contributed by atoms with Crippen molar-refractivity contribution in [3.8, 4) is 0 Å². The van der Waals surface area contributed by atoms with E-state index in [1.165, 1.54) is 12.8 Å². The molecule has 4 heteroatoms. The van der Waals surface area contributed by atoms with Crippen molar-refractivity contribution in [2.75, 3.05) is 5.75 Å². The van der Waals surface area contributed by atoms with Crippen LogP contribution in [0.15, 0.2) is 0 Å². The SMILES string of the molecule is CCCCSC1C(C)CC2CCC3OC(=O)C1C23O. The van der Waals surface area contributed by atoms with Crippen LogP contribution in [0, 0.1) is 17.8 Å². The third kappa shape index (κ3) is 1.94. The lowest BCUT2D eigenvalue weighted by Crippen LogP contribution is -2.55. The molecule has 6 unspecified atom stereocenters. The van der Waals surface area contributed by atoms with Gasteiger partial charge in [0.25, 0.3) is 0 Å². The predicted molar refractivity (Wildman–Crippen MR) is 76.0 cm³/mol. The minimum atomic E-state index is -0.854. The summed E-state index contributed by atoms with van der Waals surface area (Å²) in [5, 5.41) is 11.3. The van der Waals surface area contributed by atoms with E-state index in [0.717, 1.165) is 25.0 Å². The van der Waals surface area contributed by atoms with Gasteiger partial charge in [0.05, 0.1) is 0 Å². The molecule has 0 spiro atoms. The lowest BCUT2D eigenvalue weighted by molar-refractivity contribution is -0.145. The Labute approximate surface area is 119 Å². The van der Waals surface area contributed by atoms with Crippen LogP contribution in [0.2, 0.25) is 0 Å². The maximum atomic E-state index is 12.2. The van der Waals surface area contributed by atoms with Gasteiger partial charge in [-0.3, -0.25) is 4.79 Å². The Bertz CT molecular complexity index is 372. The molecule has 19 heavy (non-hydrogen) atoms. The highest BCUT2D eigenvalue weighted by Gasteiger charge is 2.68. The van der Waals surface area contributed by atoms with Crippen molar-refractivity contribution in [1.82, 2.24) is 0 Å². The van der Waals surface area contributed by atoms with E-state index in [1.807, 2.05) is 11.8 Å². The molecule has 108 valence electrons. The second-order valence-corrected chi connectivity index (χ2v) is 7.75. The second-order valence-electron chi connectivity index (χ2n) is 6.47. The van der Waals surface area contributed by atoms with Crippen LogP contribution >= 0.6 is 11.8 Å². The summed E-state index contributed by atoms with van der Waals surface area (Å²) in [6.07, 6.45) is 5.05. The van der Waals surface area contributed by atoms with Crippen LogP contribution in [-0.2, 0) is 9.53 Å². The van der Waals surface area contributed by atoms with E-state index in [0.29, 0.717) is 5.92 Å². The summed E-state index contributed by atoms with van der Waals surface area (Å²) in [6, 6.07) is 0. The fraction of sp³-hybridized carbons (Fsp3) is 0.933. The van der Waals surface area contributed by atoms with Crippen LogP contribution in [0.5, 0.6) is 0 Å². The quantitative estimate of drug-likeness (QED) is 0.637. The molecular formula is C15H24O3S. The first-order chi connectivity index (χ1) is 9.09. The molecule has 0 amide bonds. The Hall–Kier alpha value is -0.220. The molecule has 2 aliphatic carbocycles. The van der Waals surface area contributed by atoms with Gasteiger partial charge >= 0.3 is 5.97 Å². The number of carbonyl (C=O) groups is 1. The van der Waals surface area contributed by atoms with Gasteiger partial charge in [0, 0.05) is 5.25 Å². The smallest absolute Gasteiger partial charge is 0.313 e. The molecule has 0 aromatic rings. The maximum Gasteiger partial charge on any atom is 0.313 e. The molecule has 0 bridgehead atoms. The molecule has 2 saturated carbocycles. The standard InChI is InChI=1S/C15H24O3S/c1-3-4-7-19-13-9(2)8-10-5-6-11-15(10,17)12(13)14(16)18-11/h9-13,17H,3-8H2,1-2H3. The molecule has 0 aromatic heterocycles. The van der Waals surface area contributed by atoms with Gasteiger partial charge in [0.15, 0.2) is 0 Å². The van der Waals surface area contributed by atoms with Gasteiger partial charge in [0.2, 0.25) is 0 Å². The number of carbonyl (C=O) groups excluding carboxylic acids is 1. The molecule has 3 aliphatic rings. The Morgan fingerprint density at radius 3 is 3.00 bits per heavy atom. The van der Waals surface area contributed by atoms with E-state index < -0.39 is 5.60 Å². The van der Waals surface area contributed by atoms with E-state index >= 15 is 0 Å². The van der Waals surface area contributed by atoms with Crippen LogP contribution in [0.3, 0.4) is 0 Å². The van der Waals surface area contributed by atoms with Crippen molar-refractivity contribution in [2.24, 2.45) is 17.8 Å². The van der Waals surface area contributed by atoms with Crippen molar-refractivity contribution < 1.29 is 14.6 Å². The minimum Gasteiger partial charge on any atom is -0.459 e. The van der Waals surface area contributed by atoms with Crippen molar-refractivity contribution in [3.05, 3.63) is 0 Å². The zero-order valence-electron chi connectivity index (χ0n) is 11.8. The highest BCUT2D eigenvalue weighted by molar-refractivity contribution is 7.99. The normalized spacial score (nSPS) is 48.2. The largest absolute Gasteiger partial charge is 0.459 e. The number of aliphatic hydroxyl groups is 1. The first kappa shape index (κ1) is 13.7. The number of thioether (sulfide) groups is 1. The zero-order chi connectivity index (χ0) is 13.6. The molecule has 1 saturated heterocycles. The lowest BCUT2D eigenvalue weighted by Gasteiger charge is -2.44. The summed E-state index contributed by atoms with van der Waals surface area (Å²) in [6.45, 7) is 4.42. The second kappa shape index (κ2) is 4.96. The molecule has 6 atom stereocenters. The fourth-order valence-electron chi connectivity index (χ4n) is 4.33. The summed E-state index contributed by atoms with van der Waals surface area (Å²) in [4.78, 5) is 12.2. The van der Waals surface area contributed by atoms with E-state index in [1.54, 1.807) is 0 Å². The highest BCUT2D eigenvalue weighted by atomic mass is 32.2. The molecule has 0 aromatic carbocycles. The van der Waals surface area contributed by atoms with Gasteiger partial charge < -0.3 is 9.84 Å². The number of esters is 1. The number of hydrogen-bond acceptors (Lipinski definition) is 4. The Balaban J connectivity index is 1.83. The average Bonchev–Trinajstić information content (AvgIpc) is 2.80. The molecule has 1 N–H and O–H groups in total. The molecule has 1 heterocycles. The Morgan fingerprint density at radius 2 is 2.26 bits per heavy atom. The van der Waals surface area contributed by atoms with Gasteiger partial charge in [0.1, 0.15) is 17.6 Å². The van der Waals surface area contributed by atoms with Crippen molar-refractivity contribution in [1.29, 1.82) is 0 Å². The van der Waals surface area contributed by atoms with Gasteiger partial charge in [-0.25, -0.2) is 0 Å². The molecular weight excluding hydrogens is 260 g/mol. The third-order valence-corrected chi connectivity index (χ3v) is 6.96. The number of hydrogen-bond donors (Lipinski definition) is 1. The number of ether oxygens (including phenoxy) is 1. The van der Waals surface area contributed by atoms with Crippen LogP contribution in [0.1, 0.15) is 46.0 Å². The van der Waals surface area contributed by atoms with E-state index in [9.17, 15) is 9.90 Å². The van der Waals surface area contributed by atoms with Crippen LogP contribution in [0.25, 0.3) is 0 Å². The Kier molecular flexibility index (Phi) is 3.59. The van der Waals surface area contributed by atoms with Crippen LogP contribution in [-0.4, -0.2) is 33.8 Å². The first-order valence-electron chi connectivity index (χ1n) is 7.63. The van der Waals surface area contributed by atoms with Crippen molar-refractivity contribution in [3.63, 3.8) is 0 Å². The Morgan fingerprint density at radius 1 is 1.47 bits per heavy atom. The summed E-state index contributed by atoms with van der Waals surface area (Å²) >= 11 is 1.88. The van der Waals surface area contributed by atoms with Crippen LogP contribution in [0.4, 0.5) is 0 Å². The summed E-state index contributed by atoms with van der Waals surface area (Å²) in [5.74, 6) is 1.43. The molecule has 1 aliphatic heterocycles. The third-order valence-electron chi connectivity index (χ3n) is 5.31. The van der Waals surface area contributed by atoms with Crippen molar-refractivity contribution in [2.45, 2.75) is 62.9 Å². The van der Waals surface area contributed by atoms with E-state index in [4.69, 9.17) is 4.74 Å².